The second kappa shape index (κ2) is 5.43. The minimum absolute atomic E-state index is 0.0121. The van der Waals surface area contributed by atoms with Gasteiger partial charge >= 0.3 is 0 Å². The van der Waals surface area contributed by atoms with E-state index in [1.807, 2.05) is 35.3 Å². The van der Waals surface area contributed by atoms with Crippen LogP contribution >= 0.6 is 0 Å². The van der Waals surface area contributed by atoms with Gasteiger partial charge < -0.3 is 15.0 Å². The lowest BCUT2D eigenvalue weighted by Crippen LogP contribution is -2.44. The highest BCUT2D eigenvalue weighted by atomic mass is 16.5. The van der Waals surface area contributed by atoms with Crippen LogP contribution in [0.15, 0.2) is 42.5 Å². The van der Waals surface area contributed by atoms with Crippen molar-refractivity contribution in [1.82, 2.24) is 10.2 Å². The molecule has 3 aliphatic heterocycles. The van der Waals surface area contributed by atoms with Crippen LogP contribution in [0.5, 0.6) is 0 Å². The van der Waals surface area contributed by atoms with Crippen LogP contribution in [0.4, 0.5) is 0 Å². The number of likely N-dealkylation sites (tertiary alicyclic amines) is 1. The van der Waals surface area contributed by atoms with Gasteiger partial charge in [-0.25, -0.2) is 0 Å². The Labute approximate surface area is 147 Å². The van der Waals surface area contributed by atoms with E-state index in [-0.39, 0.29) is 29.8 Å². The molecule has 1 unspecified atom stereocenters. The summed E-state index contributed by atoms with van der Waals surface area (Å²) in [5.74, 6) is -0.683. The van der Waals surface area contributed by atoms with Crippen molar-refractivity contribution >= 4 is 11.8 Å². The van der Waals surface area contributed by atoms with Crippen molar-refractivity contribution in [3.63, 3.8) is 0 Å². The molecule has 5 rings (SSSR count). The maximum absolute atomic E-state index is 13.0. The summed E-state index contributed by atoms with van der Waals surface area (Å²) < 4.78 is 6.14. The van der Waals surface area contributed by atoms with Crippen molar-refractivity contribution in [2.45, 2.75) is 37.0 Å². The van der Waals surface area contributed by atoms with Gasteiger partial charge in [0, 0.05) is 12.6 Å². The van der Waals surface area contributed by atoms with Gasteiger partial charge in [0.2, 0.25) is 11.8 Å². The third-order valence-corrected chi connectivity index (χ3v) is 5.92. The molecule has 5 nitrogen and oxygen atoms in total. The van der Waals surface area contributed by atoms with Gasteiger partial charge in [-0.1, -0.05) is 42.5 Å². The van der Waals surface area contributed by atoms with Gasteiger partial charge in [-0.3, -0.25) is 9.59 Å². The molecule has 25 heavy (non-hydrogen) atoms. The van der Waals surface area contributed by atoms with Gasteiger partial charge in [0.05, 0.1) is 24.5 Å². The number of benzene rings is 1. The Kier molecular flexibility index (Phi) is 3.29. The SMILES string of the molecule is O=C(NC1CC1)C1[C@H]2C=C[C@@]3(CN(CCc4ccccc4)C(=O)[C@@H]13)O2. The molecule has 2 bridgehead atoms. The molecule has 4 atom stereocenters. The van der Waals surface area contributed by atoms with Crippen molar-refractivity contribution < 1.29 is 14.3 Å². The fourth-order valence-electron chi connectivity index (χ4n) is 4.50. The molecular formula is C20H22N2O3. The average molecular weight is 338 g/mol. The summed E-state index contributed by atoms with van der Waals surface area (Å²) in [6, 6.07) is 10.5. The molecule has 3 heterocycles. The first-order chi connectivity index (χ1) is 12.2. The predicted molar refractivity (Wildman–Crippen MR) is 91.6 cm³/mol. The van der Waals surface area contributed by atoms with Crippen LogP contribution in [-0.4, -0.2) is 47.6 Å². The number of nitrogens with zero attached hydrogens (tertiary/aromatic N) is 1. The van der Waals surface area contributed by atoms with Crippen molar-refractivity contribution in [2.75, 3.05) is 13.1 Å². The monoisotopic (exact) mass is 338 g/mol. The predicted octanol–water partition coefficient (Wildman–Crippen LogP) is 1.29. The highest BCUT2D eigenvalue weighted by molar-refractivity contribution is 5.93. The topological polar surface area (TPSA) is 58.6 Å². The summed E-state index contributed by atoms with van der Waals surface area (Å²) in [6.07, 6.45) is 6.66. The van der Waals surface area contributed by atoms with Crippen molar-refractivity contribution in [3.8, 4) is 0 Å². The number of rotatable bonds is 5. The Morgan fingerprint density at radius 3 is 2.84 bits per heavy atom. The lowest BCUT2D eigenvalue weighted by Gasteiger charge is -2.23. The molecular weight excluding hydrogens is 316 g/mol. The number of hydrogen-bond donors (Lipinski definition) is 1. The number of amides is 2. The van der Waals surface area contributed by atoms with E-state index in [4.69, 9.17) is 4.74 Å². The zero-order chi connectivity index (χ0) is 17.0. The molecule has 1 spiro atoms. The van der Waals surface area contributed by atoms with Crippen molar-refractivity contribution in [3.05, 3.63) is 48.0 Å². The summed E-state index contributed by atoms with van der Waals surface area (Å²) in [5.41, 5.74) is 0.623. The third-order valence-electron chi connectivity index (χ3n) is 5.92. The second-order valence-electron chi connectivity index (χ2n) is 7.68. The van der Waals surface area contributed by atoms with E-state index in [1.54, 1.807) is 0 Å². The Bertz CT molecular complexity index is 743. The molecule has 4 aliphatic rings. The highest BCUT2D eigenvalue weighted by Gasteiger charge is 2.66. The van der Waals surface area contributed by atoms with E-state index >= 15 is 0 Å². The maximum atomic E-state index is 13.0. The summed E-state index contributed by atoms with van der Waals surface area (Å²) in [5, 5.41) is 3.06. The van der Waals surface area contributed by atoms with Gasteiger partial charge in [0.1, 0.15) is 5.60 Å². The maximum Gasteiger partial charge on any atom is 0.230 e. The quantitative estimate of drug-likeness (QED) is 0.823. The van der Waals surface area contributed by atoms with Gasteiger partial charge in [-0.2, -0.15) is 0 Å². The summed E-state index contributed by atoms with van der Waals surface area (Å²) >= 11 is 0. The minimum Gasteiger partial charge on any atom is -0.360 e. The lowest BCUT2D eigenvalue weighted by molar-refractivity contribution is -0.137. The van der Waals surface area contributed by atoms with Crippen LogP contribution in [0.1, 0.15) is 18.4 Å². The molecule has 1 N–H and O–H groups in total. The molecule has 1 aliphatic carbocycles. The summed E-state index contributed by atoms with van der Waals surface area (Å²) in [4.78, 5) is 27.6. The molecule has 130 valence electrons. The molecule has 5 heteroatoms. The van der Waals surface area contributed by atoms with Gasteiger partial charge in [0.25, 0.3) is 0 Å². The standard InChI is InChI=1S/C20H22N2O3/c23-18(21-14-6-7-14)16-15-8-10-20(25-15)12-22(19(24)17(16)20)11-9-13-4-2-1-3-5-13/h1-5,8,10,14-17H,6-7,9,11-12H2,(H,21,23)/t15-,16?,17-,20+/m1/s1. The number of fused-ring (bicyclic) bond motifs is 1. The molecule has 2 saturated heterocycles. The fraction of sp³-hybridized carbons (Fsp3) is 0.500. The number of carbonyl (C=O) groups is 2. The Balaban J connectivity index is 1.33. The zero-order valence-corrected chi connectivity index (χ0v) is 14.1. The molecule has 0 radical (unpaired) electrons. The zero-order valence-electron chi connectivity index (χ0n) is 14.1. The average Bonchev–Trinajstić information content (AvgIpc) is 3.16. The van der Waals surface area contributed by atoms with Crippen LogP contribution < -0.4 is 5.32 Å². The number of nitrogens with one attached hydrogen (secondary N) is 1. The molecule has 0 aromatic heterocycles. The van der Waals surface area contributed by atoms with Crippen molar-refractivity contribution in [1.29, 1.82) is 0 Å². The van der Waals surface area contributed by atoms with Gasteiger partial charge in [-0.15, -0.1) is 0 Å². The first-order valence-electron chi connectivity index (χ1n) is 9.17. The number of carbonyl (C=O) groups excluding carboxylic acids is 2. The smallest absolute Gasteiger partial charge is 0.230 e. The van der Waals surface area contributed by atoms with Crippen molar-refractivity contribution in [2.24, 2.45) is 11.8 Å². The fourth-order valence-corrected chi connectivity index (χ4v) is 4.50. The molecule has 1 aromatic carbocycles. The van der Waals surface area contributed by atoms with Crippen LogP contribution in [0.3, 0.4) is 0 Å². The number of ether oxygens (including phenoxy) is 1. The first-order valence-corrected chi connectivity index (χ1v) is 9.17. The normalized spacial score (nSPS) is 35.3. The summed E-state index contributed by atoms with van der Waals surface area (Å²) in [7, 11) is 0. The van der Waals surface area contributed by atoms with E-state index in [9.17, 15) is 9.59 Å². The lowest BCUT2D eigenvalue weighted by atomic mass is 9.77. The van der Waals surface area contributed by atoms with E-state index in [0.717, 1.165) is 19.3 Å². The van der Waals surface area contributed by atoms with E-state index in [1.165, 1.54) is 5.56 Å². The second-order valence-corrected chi connectivity index (χ2v) is 7.68. The van der Waals surface area contributed by atoms with Crippen LogP contribution in [0.25, 0.3) is 0 Å². The molecule has 1 aromatic rings. The Morgan fingerprint density at radius 1 is 1.28 bits per heavy atom. The first kappa shape index (κ1) is 15.1. The van der Waals surface area contributed by atoms with E-state index in [2.05, 4.69) is 17.4 Å². The minimum atomic E-state index is -0.593. The largest absolute Gasteiger partial charge is 0.360 e. The van der Waals surface area contributed by atoms with Crippen LogP contribution in [0, 0.1) is 11.8 Å². The molecule has 3 fully saturated rings. The Hall–Kier alpha value is -2.14. The van der Waals surface area contributed by atoms with E-state index < -0.39 is 5.60 Å². The Morgan fingerprint density at radius 2 is 2.08 bits per heavy atom. The van der Waals surface area contributed by atoms with Gasteiger partial charge in [-0.05, 0) is 24.8 Å². The van der Waals surface area contributed by atoms with E-state index in [0.29, 0.717) is 19.1 Å². The highest BCUT2D eigenvalue weighted by Crippen LogP contribution is 2.52. The van der Waals surface area contributed by atoms with Crippen LogP contribution in [0.2, 0.25) is 0 Å². The third kappa shape index (κ3) is 2.41. The van der Waals surface area contributed by atoms with Gasteiger partial charge in [0.15, 0.2) is 0 Å². The summed E-state index contributed by atoms with van der Waals surface area (Å²) in [6.45, 7) is 1.23. The van der Waals surface area contributed by atoms with Crippen LogP contribution in [-0.2, 0) is 20.7 Å². The number of hydrogen-bond acceptors (Lipinski definition) is 3. The molecule has 1 saturated carbocycles. The molecule has 2 amide bonds.